The van der Waals surface area contributed by atoms with Gasteiger partial charge in [0.1, 0.15) is 5.69 Å². The Morgan fingerprint density at radius 2 is 2.00 bits per heavy atom. The number of rotatable bonds is 4. The van der Waals surface area contributed by atoms with Crippen molar-refractivity contribution >= 4 is 33.8 Å². The number of nitrogens with zero attached hydrogens (tertiary/aromatic N) is 4. The predicted molar refractivity (Wildman–Crippen MR) is 110 cm³/mol. The summed E-state index contributed by atoms with van der Waals surface area (Å²) in [4.78, 5) is 29.3. The average molecular weight is 395 g/mol. The summed E-state index contributed by atoms with van der Waals surface area (Å²) in [5.41, 5.74) is 4.48. The largest absolute Gasteiger partial charge is 0.367 e. The summed E-state index contributed by atoms with van der Waals surface area (Å²) in [6.07, 6.45) is 1.72. The fourth-order valence-corrected chi connectivity index (χ4v) is 4.45. The number of hydrogen-bond donors (Lipinski definition) is 3. The molecule has 4 heterocycles. The molecule has 2 aliphatic rings. The molecule has 1 saturated heterocycles. The maximum absolute atomic E-state index is 12.8. The molecule has 2 aliphatic heterocycles. The van der Waals surface area contributed by atoms with Crippen LogP contribution < -0.4 is 20.4 Å². The topological polar surface area (TPSA) is 89.2 Å². The highest BCUT2D eigenvalue weighted by Crippen LogP contribution is 2.30. The molecule has 1 aromatic carbocycles. The summed E-state index contributed by atoms with van der Waals surface area (Å²) in [6.45, 7) is 5.22. The van der Waals surface area contributed by atoms with Gasteiger partial charge >= 0.3 is 0 Å². The van der Waals surface area contributed by atoms with Gasteiger partial charge in [-0.3, -0.25) is 4.79 Å². The number of aromatic nitrogens is 3. The van der Waals surface area contributed by atoms with E-state index in [4.69, 9.17) is 0 Å². The third-order valence-corrected chi connectivity index (χ3v) is 6.00. The number of imidazole rings is 1. The van der Waals surface area contributed by atoms with Crippen LogP contribution in [0.5, 0.6) is 0 Å². The van der Waals surface area contributed by atoms with Gasteiger partial charge in [0, 0.05) is 31.6 Å². The smallest absolute Gasteiger partial charge is 0.275 e. The van der Waals surface area contributed by atoms with Crippen molar-refractivity contribution in [2.75, 3.05) is 41.3 Å². The van der Waals surface area contributed by atoms with Gasteiger partial charge < -0.3 is 25.4 Å². The average Bonchev–Trinajstić information content (AvgIpc) is 3.45. The van der Waals surface area contributed by atoms with Crippen LogP contribution in [0.2, 0.25) is 0 Å². The summed E-state index contributed by atoms with van der Waals surface area (Å²) < 4.78 is 0. The van der Waals surface area contributed by atoms with Gasteiger partial charge in [-0.15, -0.1) is 11.3 Å². The number of hydrogen-bond acceptors (Lipinski definition) is 7. The van der Waals surface area contributed by atoms with Crippen LogP contribution in [0.3, 0.4) is 0 Å². The van der Waals surface area contributed by atoms with Gasteiger partial charge in [-0.25, -0.2) is 9.97 Å². The normalized spacial score (nSPS) is 16.3. The second-order valence-electron chi connectivity index (χ2n) is 6.91. The van der Waals surface area contributed by atoms with Gasteiger partial charge in [-0.2, -0.15) is 0 Å². The van der Waals surface area contributed by atoms with E-state index in [-0.39, 0.29) is 5.91 Å². The number of amides is 1. The molecule has 5 rings (SSSR count). The summed E-state index contributed by atoms with van der Waals surface area (Å²) in [5, 5.41) is 9.06. The molecule has 0 radical (unpaired) electrons. The van der Waals surface area contributed by atoms with Crippen LogP contribution in [0.1, 0.15) is 21.9 Å². The Labute approximate surface area is 166 Å². The maximum Gasteiger partial charge on any atom is 0.275 e. The molecule has 0 unspecified atom stereocenters. The second kappa shape index (κ2) is 7.25. The van der Waals surface area contributed by atoms with E-state index in [1.54, 1.807) is 6.33 Å². The zero-order chi connectivity index (χ0) is 18.9. The number of fused-ring (bicyclic) bond motifs is 1. The zero-order valence-corrected chi connectivity index (χ0v) is 16.1. The van der Waals surface area contributed by atoms with Crippen molar-refractivity contribution in [3.8, 4) is 0 Å². The third kappa shape index (κ3) is 3.23. The zero-order valence-electron chi connectivity index (χ0n) is 15.3. The fourth-order valence-electron chi connectivity index (χ4n) is 3.65. The van der Waals surface area contributed by atoms with Gasteiger partial charge in [-0.05, 0) is 12.1 Å². The molecule has 0 bridgehead atoms. The highest BCUT2D eigenvalue weighted by Gasteiger charge is 2.25. The number of benzene rings is 1. The van der Waals surface area contributed by atoms with Gasteiger partial charge in [-0.1, -0.05) is 12.1 Å². The van der Waals surface area contributed by atoms with Crippen LogP contribution in [-0.4, -0.2) is 47.0 Å². The highest BCUT2D eigenvalue weighted by atomic mass is 32.1. The van der Waals surface area contributed by atoms with E-state index in [9.17, 15) is 4.79 Å². The Hall–Kier alpha value is -2.91. The van der Waals surface area contributed by atoms with Gasteiger partial charge in [0.15, 0.2) is 5.13 Å². The lowest BCUT2D eigenvalue weighted by Crippen LogP contribution is -2.43. The molecule has 0 aliphatic carbocycles. The van der Waals surface area contributed by atoms with E-state index in [0.29, 0.717) is 5.69 Å². The van der Waals surface area contributed by atoms with E-state index >= 15 is 0 Å². The lowest BCUT2D eigenvalue weighted by Gasteiger charge is -2.31. The quantitative estimate of drug-likeness (QED) is 0.627. The number of H-pyrrole nitrogens is 1. The predicted octanol–water partition coefficient (Wildman–Crippen LogP) is 2.05. The SMILES string of the molecule is O=C(Nc1ccccc1N1CCNCC1)c1csc(N2Cc3nc[nH]c3C2)n1. The molecule has 1 fully saturated rings. The van der Waals surface area contributed by atoms with Gasteiger partial charge in [0.2, 0.25) is 0 Å². The first-order chi connectivity index (χ1) is 13.8. The van der Waals surface area contributed by atoms with Crippen LogP contribution >= 0.6 is 11.3 Å². The minimum Gasteiger partial charge on any atom is -0.367 e. The summed E-state index contributed by atoms with van der Waals surface area (Å²) in [6, 6.07) is 7.95. The van der Waals surface area contributed by atoms with E-state index in [1.807, 2.05) is 23.6 Å². The molecule has 8 nitrogen and oxygen atoms in total. The number of aromatic amines is 1. The van der Waals surface area contributed by atoms with E-state index in [2.05, 4.69) is 41.5 Å². The van der Waals surface area contributed by atoms with E-state index in [1.165, 1.54) is 11.3 Å². The minimum atomic E-state index is -0.180. The van der Waals surface area contributed by atoms with Gasteiger partial charge in [0.25, 0.3) is 5.91 Å². The maximum atomic E-state index is 12.8. The molecular formula is C19H21N7OS. The molecule has 28 heavy (non-hydrogen) atoms. The second-order valence-corrected chi connectivity index (χ2v) is 7.74. The van der Waals surface area contributed by atoms with Gasteiger partial charge in [0.05, 0.1) is 42.2 Å². The Morgan fingerprint density at radius 3 is 2.86 bits per heavy atom. The van der Waals surface area contributed by atoms with Crippen LogP contribution in [0.25, 0.3) is 0 Å². The van der Waals surface area contributed by atoms with E-state index in [0.717, 1.165) is 67.2 Å². The van der Waals surface area contributed by atoms with Crippen LogP contribution in [0, 0.1) is 0 Å². The van der Waals surface area contributed by atoms with E-state index < -0.39 is 0 Å². The Balaban J connectivity index is 1.30. The van der Waals surface area contributed by atoms with Crippen molar-refractivity contribution < 1.29 is 4.79 Å². The minimum absolute atomic E-state index is 0.180. The fraction of sp³-hybridized carbons (Fsp3) is 0.316. The molecule has 0 spiro atoms. The molecule has 1 amide bonds. The molecule has 2 aromatic heterocycles. The van der Waals surface area contributed by atoms with Crippen molar-refractivity contribution in [3.05, 3.63) is 53.1 Å². The molecule has 9 heteroatoms. The molecule has 144 valence electrons. The first-order valence-electron chi connectivity index (χ1n) is 9.35. The number of nitrogens with one attached hydrogen (secondary N) is 3. The molecule has 3 aromatic rings. The monoisotopic (exact) mass is 395 g/mol. The lowest BCUT2D eigenvalue weighted by molar-refractivity contribution is 0.102. The standard InChI is InChI=1S/C19H21N7OS/c27-18(23-13-3-1-2-4-17(13)25-7-5-20-6-8-25)16-11-28-19(24-16)26-9-14-15(10-26)22-12-21-14/h1-4,11-12,20H,5-10H2,(H,21,22)(H,23,27). The first kappa shape index (κ1) is 17.2. The summed E-state index contributed by atoms with van der Waals surface area (Å²) >= 11 is 1.49. The number of piperazine rings is 1. The van der Waals surface area contributed by atoms with Crippen LogP contribution in [-0.2, 0) is 13.1 Å². The van der Waals surface area contributed by atoms with Crippen molar-refractivity contribution in [1.29, 1.82) is 0 Å². The summed E-state index contributed by atoms with van der Waals surface area (Å²) in [7, 11) is 0. The van der Waals surface area contributed by atoms with Crippen molar-refractivity contribution in [2.24, 2.45) is 0 Å². The van der Waals surface area contributed by atoms with Crippen molar-refractivity contribution in [2.45, 2.75) is 13.1 Å². The van der Waals surface area contributed by atoms with Crippen molar-refractivity contribution in [3.63, 3.8) is 0 Å². The molecule has 0 atom stereocenters. The van der Waals surface area contributed by atoms with Crippen LogP contribution in [0.4, 0.5) is 16.5 Å². The summed E-state index contributed by atoms with van der Waals surface area (Å²) in [5.74, 6) is -0.180. The molecular weight excluding hydrogens is 374 g/mol. The Bertz CT molecular complexity index is 971. The lowest BCUT2D eigenvalue weighted by atomic mass is 10.2. The highest BCUT2D eigenvalue weighted by molar-refractivity contribution is 7.13. The molecule has 0 saturated carbocycles. The Morgan fingerprint density at radius 1 is 1.14 bits per heavy atom. The third-order valence-electron chi connectivity index (χ3n) is 5.10. The van der Waals surface area contributed by atoms with Crippen molar-refractivity contribution in [1.82, 2.24) is 20.3 Å². The number of thiazole rings is 1. The number of carbonyl (C=O) groups is 1. The number of para-hydroxylation sites is 2. The Kier molecular flexibility index (Phi) is 4.46. The van der Waals surface area contributed by atoms with Crippen LogP contribution in [0.15, 0.2) is 36.0 Å². The number of anilines is 3. The molecule has 3 N–H and O–H groups in total. The number of carbonyl (C=O) groups excluding carboxylic acids is 1. The first-order valence-corrected chi connectivity index (χ1v) is 10.2.